The van der Waals surface area contributed by atoms with E-state index >= 15 is 0 Å². The molecule has 60 valence electrons. The Balaban J connectivity index is 3.59. The first-order valence-corrected chi connectivity index (χ1v) is 3.85. The average Bonchev–Trinajstić information content (AvgIpc) is 1.82. The van der Waals surface area contributed by atoms with Gasteiger partial charge >= 0.3 is 0 Å². The van der Waals surface area contributed by atoms with Gasteiger partial charge in [-0.05, 0) is 26.2 Å². The average molecular weight is 142 g/mol. The molecule has 0 rings (SSSR count). The second-order valence-corrected chi connectivity index (χ2v) is 3.33. The molecule has 1 atom stereocenters. The molecule has 0 amide bonds. The van der Waals surface area contributed by atoms with E-state index in [2.05, 4.69) is 6.08 Å². The van der Waals surface area contributed by atoms with Crippen molar-refractivity contribution >= 4 is 0 Å². The first-order chi connectivity index (χ1) is 4.54. The van der Waals surface area contributed by atoms with Crippen LogP contribution in [0.15, 0.2) is 11.6 Å². The lowest BCUT2D eigenvalue weighted by Gasteiger charge is -2.11. The zero-order chi connectivity index (χ0) is 8.15. The topological polar surface area (TPSA) is 20.2 Å². The predicted molar refractivity (Wildman–Crippen MR) is 44.9 cm³/mol. The highest BCUT2D eigenvalue weighted by atomic mass is 16.3. The molecule has 0 radical (unpaired) electrons. The van der Waals surface area contributed by atoms with E-state index in [1.54, 1.807) is 0 Å². The number of aliphatic hydroxyl groups excluding tert-OH is 1. The third-order valence-corrected chi connectivity index (χ3v) is 1.54. The summed E-state index contributed by atoms with van der Waals surface area (Å²) in [5, 5.41) is 9.33. The van der Waals surface area contributed by atoms with E-state index in [1.807, 2.05) is 27.7 Å². The van der Waals surface area contributed by atoms with Gasteiger partial charge in [-0.2, -0.15) is 0 Å². The number of aliphatic hydroxyl groups is 1. The summed E-state index contributed by atoms with van der Waals surface area (Å²) in [4.78, 5) is 0. The monoisotopic (exact) mass is 142 g/mol. The Bertz CT molecular complexity index is 110. The van der Waals surface area contributed by atoms with Gasteiger partial charge in [0.2, 0.25) is 0 Å². The maximum atomic E-state index is 9.33. The Hall–Kier alpha value is -0.300. The quantitative estimate of drug-likeness (QED) is 0.600. The van der Waals surface area contributed by atoms with E-state index in [0.29, 0.717) is 5.92 Å². The highest BCUT2D eigenvalue weighted by molar-refractivity contribution is 4.94. The highest BCUT2D eigenvalue weighted by Gasteiger charge is 2.05. The second-order valence-electron chi connectivity index (χ2n) is 3.33. The molecule has 0 bridgehead atoms. The molecule has 1 N–H and O–H groups in total. The second kappa shape index (κ2) is 4.51. The van der Waals surface area contributed by atoms with Gasteiger partial charge in [0, 0.05) is 0 Å². The van der Waals surface area contributed by atoms with Crippen LogP contribution >= 0.6 is 0 Å². The van der Waals surface area contributed by atoms with Crippen LogP contribution in [0.5, 0.6) is 0 Å². The summed E-state index contributed by atoms with van der Waals surface area (Å²) < 4.78 is 0. The minimum absolute atomic E-state index is 0.171. The molecule has 1 unspecified atom stereocenters. The van der Waals surface area contributed by atoms with Crippen LogP contribution in [0.1, 0.15) is 34.1 Å². The van der Waals surface area contributed by atoms with Crippen LogP contribution in [0.25, 0.3) is 0 Å². The first-order valence-electron chi connectivity index (χ1n) is 3.85. The largest absolute Gasteiger partial charge is 0.393 e. The van der Waals surface area contributed by atoms with Gasteiger partial charge in [-0.25, -0.2) is 0 Å². The van der Waals surface area contributed by atoms with Crippen molar-refractivity contribution in [1.82, 2.24) is 0 Å². The van der Waals surface area contributed by atoms with Gasteiger partial charge in [0.25, 0.3) is 0 Å². The molecular formula is C9H18O. The van der Waals surface area contributed by atoms with Crippen LogP contribution in [0.2, 0.25) is 0 Å². The summed E-state index contributed by atoms with van der Waals surface area (Å²) in [7, 11) is 0. The molecule has 0 spiro atoms. The summed E-state index contributed by atoms with van der Waals surface area (Å²) in [5.41, 5.74) is 1.28. The van der Waals surface area contributed by atoms with Gasteiger partial charge < -0.3 is 5.11 Å². The minimum atomic E-state index is -0.171. The van der Waals surface area contributed by atoms with Crippen molar-refractivity contribution in [3.63, 3.8) is 0 Å². The molecule has 0 saturated heterocycles. The number of hydrogen-bond acceptors (Lipinski definition) is 1. The Morgan fingerprint density at radius 2 is 1.90 bits per heavy atom. The Morgan fingerprint density at radius 1 is 1.40 bits per heavy atom. The van der Waals surface area contributed by atoms with Gasteiger partial charge in [-0.3, -0.25) is 0 Å². The highest BCUT2D eigenvalue weighted by Crippen LogP contribution is 2.07. The van der Waals surface area contributed by atoms with Crippen LogP contribution in [0.3, 0.4) is 0 Å². The van der Waals surface area contributed by atoms with Crippen molar-refractivity contribution in [1.29, 1.82) is 0 Å². The summed E-state index contributed by atoms with van der Waals surface area (Å²) in [5.74, 6) is 0.371. The van der Waals surface area contributed by atoms with Gasteiger partial charge in [-0.15, -0.1) is 0 Å². The minimum Gasteiger partial charge on any atom is -0.393 e. The molecule has 0 fully saturated rings. The van der Waals surface area contributed by atoms with Crippen LogP contribution in [-0.4, -0.2) is 11.2 Å². The lowest BCUT2D eigenvalue weighted by Crippen LogP contribution is -2.12. The van der Waals surface area contributed by atoms with E-state index in [9.17, 15) is 5.11 Å². The van der Waals surface area contributed by atoms with Crippen LogP contribution in [-0.2, 0) is 0 Å². The van der Waals surface area contributed by atoms with Gasteiger partial charge in [0.1, 0.15) is 0 Å². The van der Waals surface area contributed by atoms with Gasteiger partial charge in [-0.1, -0.05) is 25.5 Å². The number of rotatable bonds is 3. The molecule has 0 aromatic heterocycles. The summed E-state index contributed by atoms with van der Waals surface area (Å²) in [6.45, 7) is 8.16. The Kier molecular flexibility index (Phi) is 4.37. The van der Waals surface area contributed by atoms with E-state index in [-0.39, 0.29) is 6.10 Å². The lowest BCUT2D eigenvalue weighted by molar-refractivity contribution is 0.128. The molecule has 0 saturated carbocycles. The fourth-order valence-corrected chi connectivity index (χ4v) is 0.629. The number of hydrogen-bond donors (Lipinski definition) is 1. The van der Waals surface area contributed by atoms with Crippen molar-refractivity contribution in [2.75, 3.05) is 0 Å². The molecule has 1 heteroatoms. The van der Waals surface area contributed by atoms with Crippen LogP contribution in [0, 0.1) is 5.92 Å². The van der Waals surface area contributed by atoms with E-state index < -0.39 is 0 Å². The summed E-state index contributed by atoms with van der Waals surface area (Å²) >= 11 is 0. The molecule has 10 heavy (non-hydrogen) atoms. The molecule has 0 aliphatic heterocycles. The molecule has 1 nitrogen and oxygen atoms in total. The number of allylic oxidation sites excluding steroid dienone is 1. The Morgan fingerprint density at radius 3 is 2.20 bits per heavy atom. The van der Waals surface area contributed by atoms with Crippen molar-refractivity contribution in [2.45, 2.75) is 40.2 Å². The maximum Gasteiger partial charge on any atom is 0.0597 e. The van der Waals surface area contributed by atoms with Gasteiger partial charge in [0.15, 0.2) is 0 Å². The van der Waals surface area contributed by atoms with Crippen molar-refractivity contribution in [3.05, 3.63) is 11.6 Å². The predicted octanol–water partition coefficient (Wildman–Crippen LogP) is 2.36. The first kappa shape index (κ1) is 9.70. The van der Waals surface area contributed by atoms with Crippen LogP contribution < -0.4 is 0 Å². The van der Waals surface area contributed by atoms with E-state index in [1.165, 1.54) is 5.57 Å². The van der Waals surface area contributed by atoms with E-state index in [0.717, 1.165) is 6.42 Å². The fourth-order valence-electron chi connectivity index (χ4n) is 0.629. The van der Waals surface area contributed by atoms with Crippen LogP contribution in [0.4, 0.5) is 0 Å². The third-order valence-electron chi connectivity index (χ3n) is 1.54. The smallest absolute Gasteiger partial charge is 0.0597 e. The van der Waals surface area contributed by atoms with Crippen molar-refractivity contribution in [2.24, 2.45) is 5.92 Å². The zero-order valence-corrected chi connectivity index (χ0v) is 7.39. The molecule has 0 aromatic rings. The third kappa shape index (κ3) is 4.57. The molecule has 0 aliphatic rings. The molecular weight excluding hydrogens is 124 g/mol. The zero-order valence-electron chi connectivity index (χ0n) is 7.39. The maximum absolute atomic E-state index is 9.33. The Labute approximate surface area is 63.8 Å². The molecule has 0 heterocycles. The SMILES string of the molecule is CC(C)=CCC(O)C(C)C. The normalized spacial score (nSPS) is 13.4. The standard InChI is InChI=1S/C9H18O/c1-7(2)5-6-9(10)8(3)4/h5,8-10H,6H2,1-4H3. The molecule has 0 aromatic carbocycles. The van der Waals surface area contributed by atoms with E-state index in [4.69, 9.17) is 0 Å². The lowest BCUT2D eigenvalue weighted by atomic mass is 10.0. The summed E-state index contributed by atoms with van der Waals surface area (Å²) in [6, 6.07) is 0. The van der Waals surface area contributed by atoms with Crippen molar-refractivity contribution in [3.8, 4) is 0 Å². The molecule has 0 aliphatic carbocycles. The van der Waals surface area contributed by atoms with Gasteiger partial charge in [0.05, 0.1) is 6.10 Å². The summed E-state index contributed by atoms with van der Waals surface area (Å²) in [6.07, 6.45) is 2.69. The fraction of sp³-hybridized carbons (Fsp3) is 0.778. The van der Waals surface area contributed by atoms with Crippen molar-refractivity contribution < 1.29 is 5.11 Å².